The molecule has 5 rings (SSSR count). The van der Waals surface area contributed by atoms with E-state index in [1.165, 1.54) is 17.0 Å². The smallest absolute Gasteiger partial charge is 0.265 e. The van der Waals surface area contributed by atoms with Gasteiger partial charge in [0.1, 0.15) is 24.1 Å². The van der Waals surface area contributed by atoms with E-state index in [1.54, 1.807) is 41.4 Å². The Morgan fingerprint density at radius 3 is 2.47 bits per heavy atom. The second-order valence-electron chi connectivity index (χ2n) is 10.3. The van der Waals surface area contributed by atoms with Gasteiger partial charge in [0, 0.05) is 47.5 Å². The molecule has 38 heavy (non-hydrogen) atoms. The molecule has 1 fully saturated rings. The monoisotopic (exact) mass is 530 g/mol. The van der Waals surface area contributed by atoms with Crippen molar-refractivity contribution in [3.05, 3.63) is 87.2 Å². The molecule has 0 radical (unpaired) electrons. The van der Waals surface area contributed by atoms with Crippen molar-refractivity contribution in [1.82, 2.24) is 29.7 Å². The van der Waals surface area contributed by atoms with Crippen LogP contribution in [-0.4, -0.2) is 49.3 Å². The van der Waals surface area contributed by atoms with Gasteiger partial charge in [0.05, 0.1) is 5.69 Å². The zero-order chi connectivity index (χ0) is 27.0. The molecule has 1 saturated heterocycles. The second-order valence-corrected chi connectivity index (χ2v) is 10.7. The van der Waals surface area contributed by atoms with E-state index in [9.17, 15) is 14.4 Å². The number of nitrogens with one attached hydrogen (secondary N) is 1. The van der Waals surface area contributed by atoms with Crippen LogP contribution in [0.4, 0.5) is 0 Å². The van der Waals surface area contributed by atoms with Crippen LogP contribution in [0.25, 0.3) is 22.3 Å². The lowest BCUT2D eigenvalue weighted by Crippen LogP contribution is -2.56. The van der Waals surface area contributed by atoms with Crippen LogP contribution in [0, 0.1) is 12.3 Å². The van der Waals surface area contributed by atoms with Crippen LogP contribution in [0.2, 0.25) is 5.02 Å². The summed E-state index contributed by atoms with van der Waals surface area (Å²) in [5.41, 5.74) is 2.60. The molecule has 1 aromatic carbocycles. The third-order valence-corrected chi connectivity index (χ3v) is 6.82. The van der Waals surface area contributed by atoms with E-state index < -0.39 is 11.5 Å². The Bertz CT molecular complexity index is 1610. The van der Waals surface area contributed by atoms with Gasteiger partial charge >= 0.3 is 0 Å². The first kappa shape index (κ1) is 25.5. The van der Waals surface area contributed by atoms with Crippen molar-refractivity contribution in [2.75, 3.05) is 13.1 Å². The van der Waals surface area contributed by atoms with E-state index in [0.717, 1.165) is 11.3 Å². The summed E-state index contributed by atoms with van der Waals surface area (Å²) < 4.78 is 1.29. The molecule has 0 unspecified atom stereocenters. The van der Waals surface area contributed by atoms with Crippen molar-refractivity contribution in [2.45, 2.75) is 33.9 Å². The number of aryl methyl sites for hydroxylation is 1. The van der Waals surface area contributed by atoms with Gasteiger partial charge in [-0.05, 0) is 48.2 Å². The number of pyridine rings is 2. The summed E-state index contributed by atoms with van der Waals surface area (Å²) in [7, 11) is 0. The number of benzene rings is 1. The van der Waals surface area contributed by atoms with Crippen molar-refractivity contribution in [3.63, 3.8) is 0 Å². The van der Waals surface area contributed by atoms with E-state index in [1.807, 2.05) is 13.0 Å². The highest BCUT2D eigenvalue weighted by atomic mass is 35.5. The number of carbonyl (C=O) groups excluding carboxylic acids is 2. The highest BCUT2D eigenvalue weighted by Crippen LogP contribution is 2.30. The van der Waals surface area contributed by atoms with E-state index in [-0.39, 0.29) is 30.0 Å². The standard InChI is InChI=1S/C28H27ClN6O3/c1-17-10-23(33-16-32-17)20-8-9-30-25-21(20)11-22(26(37)31-12-18-4-6-19(29)7-5-18)27(38)35(25)13-24(36)34-14-28(2,3)15-34/h4-11,16H,12-15H2,1-3H3,(H,31,37). The fourth-order valence-electron chi connectivity index (χ4n) is 4.68. The van der Waals surface area contributed by atoms with Gasteiger partial charge in [0.2, 0.25) is 5.91 Å². The predicted molar refractivity (Wildman–Crippen MR) is 145 cm³/mol. The molecule has 0 bridgehead atoms. The molecule has 194 valence electrons. The molecule has 1 aliphatic rings. The third-order valence-electron chi connectivity index (χ3n) is 6.56. The van der Waals surface area contributed by atoms with Crippen molar-refractivity contribution >= 4 is 34.4 Å². The van der Waals surface area contributed by atoms with Crippen LogP contribution < -0.4 is 10.9 Å². The molecule has 4 heterocycles. The Morgan fingerprint density at radius 1 is 1.05 bits per heavy atom. The minimum atomic E-state index is -0.581. The molecule has 3 aromatic heterocycles. The number of carbonyl (C=O) groups is 2. The Balaban J connectivity index is 1.58. The Morgan fingerprint density at radius 2 is 1.79 bits per heavy atom. The van der Waals surface area contributed by atoms with E-state index >= 15 is 0 Å². The summed E-state index contributed by atoms with van der Waals surface area (Å²) in [5.74, 6) is -0.747. The third kappa shape index (κ3) is 5.15. The molecule has 0 atom stereocenters. The van der Waals surface area contributed by atoms with Crippen LogP contribution in [0.3, 0.4) is 0 Å². The van der Waals surface area contributed by atoms with Crippen molar-refractivity contribution in [2.24, 2.45) is 5.41 Å². The van der Waals surface area contributed by atoms with Crippen LogP contribution in [0.5, 0.6) is 0 Å². The number of amides is 2. The second kappa shape index (κ2) is 9.98. The van der Waals surface area contributed by atoms with Crippen LogP contribution in [-0.2, 0) is 17.9 Å². The number of aromatic nitrogens is 4. The first-order chi connectivity index (χ1) is 18.1. The zero-order valence-electron chi connectivity index (χ0n) is 21.4. The van der Waals surface area contributed by atoms with E-state index in [0.29, 0.717) is 40.4 Å². The van der Waals surface area contributed by atoms with Crippen LogP contribution >= 0.6 is 11.6 Å². The molecular weight excluding hydrogens is 504 g/mol. The number of halogens is 1. The summed E-state index contributed by atoms with van der Waals surface area (Å²) in [6.45, 7) is 7.23. The van der Waals surface area contributed by atoms with Crippen molar-refractivity contribution in [3.8, 4) is 11.3 Å². The quantitative estimate of drug-likeness (QED) is 0.408. The summed E-state index contributed by atoms with van der Waals surface area (Å²) in [4.78, 5) is 54.7. The molecule has 0 spiro atoms. The summed E-state index contributed by atoms with van der Waals surface area (Å²) >= 11 is 5.96. The number of likely N-dealkylation sites (tertiary alicyclic amines) is 1. The summed E-state index contributed by atoms with van der Waals surface area (Å²) in [5, 5.41) is 3.94. The highest BCUT2D eigenvalue weighted by molar-refractivity contribution is 6.30. The lowest BCUT2D eigenvalue weighted by molar-refractivity contribution is -0.142. The molecule has 1 N–H and O–H groups in total. The van der Waals surface area contributed by atoms with Gasteiger partial charge in [0.15, 0.2) is 0 Å². The highest BCUT2D eigenvalue weighted by Gasteiger charge is 2.37. The van der Waals surface area contributed by atoms with Crippen LogP contribution in [0.15, 0.2) is 59.8 Å². The zero-order valence-corrected chi connectivity index (χ0v) is 22.1. The molecule has 0 aliphatic carbocycles. The Labute approximate surface area is 224 Å². The van der Waals surface area contributed by atoms with Gasteiger partial charge in [-0.3, -0.25) is 19.0 Å². The van der Waals surface area contributed by atoms with Gasteiger partial charge in [-0.15, -0.1) is 0 Å². The lowest BCUT2D eigenvalue weighted by atomic mass is 9.84. The molecule has 1 aliphatic heterocycles. The minimum absolute atomic E-state index is 0.0440. The SMILES string of the molecule is Cc1cc(-c2ccnc3c2cc(C(=O)NCc2ccc(Cl)cc2)c(=O)n3CC(=O)N2CC(C)(C)C2)ncn1. The van der Waals surface area contributed by atoms with Gasteiger partial charge in [-0.1, -0.05) is 37.6 Å². The van der Waals surface area contributed by atoms with Crippen LogP contribution in [0.1, 0.15) is 35.5 Å². The summed E-state index contributed by atoms with van der Waals surface area (Å²) in [6.07, 6.45) is 3.03. The van der Waals surface area contributed by atoms with Crippen molar-refractivity contribution < 1.29 is 9.59 Å². The molecule has 4 aromatic rings. The predicted octanol–water partition coefficient (Wildman–Crippen LogP) is 3.61. The minimum Gasteiger partial charge on any atom is -0.348 e. The molecule has 2 amide bonds. The number of nitrogens with zero attached hydrogens (tertiary/aromatic N) is 5. The maximum absolute atomic E-state index is 13.6. The lowest BCUT2D eigenvalue weighted by Gasteiger charge is -2.45. The number of rotatable bonds is 6. The number of hydrogen-bond donors (Lipinski definition) is 1. The Kier molecular flexibility index (Phi) is 6.71. The molecule has 9 nitrogen and oxygen atoms in total. The average Bonchev–Trinajstić information content (AvgIpc) is 2.87. The topological polar surface area (TPSA) is 110 Å². The fraction of sp³-hybridized carbons (Fsp3) is 0.286. The summed E-state index contributed by atoms with van der Waals surface area (Å²) in [6, 6.07) is 12.2. The van der Waals surface area contributed by atoms with Crippen molar-refractivity contribution in [1.29, 1.82) is 0 Å². The van der Waals surface area contributed by atoms with Gasteiger partial charge in [-0.2, -0.15) is 0 Å². The van der Waals surface area contributed by atoms with E-state index in [2.05, 4.69) is 34.1 Å². The van der Waals surface area contributed by atoms with Gasteiger partial charge in [-0.25, -0.2) is 15.0 Å². The first-order valence-electron chi connectivity index (χ1n) is 12.2. The largest absolute Gasteiger partial charge is 0.348 e. The fourth-order valence-corrected chi connectivity index (χ4v) is 4.81. The average molecular weight is 531 g/mol. The maximum Gasteiger partial charge on any atom is 0.265 e. The number of hydrogen-bond acceptors (Lipinski definition) is 6. The number of fused-ring (bicyclic) bond motifs is 1. The molecular formula is C28H27ClN6O3. The van der Waals surface area contributed by atoms with E-state index in [4.69, 9.17) is 11.6 Å². The normalized spacial score (nSPS) is 14.3. The molecule has 10 heteroatoms. The Hall–Kier alpha value is -4.11. The van der Waals surface area contributed by atoms with Gasteiger partial charge in [0.25, 0.3) is 11.5 Å². The maximum atomic E-state index is 13.6. The van der Waals surface area contributed by atoms with Gasteiger partial charge < -0.3 is 10.2 Å². The first-order valence-corrected chi connectivity index (χ1v) is 12.6. The molecule has 0 saturated carbocycles.